The maximum Gasteiger partial charge on any atom is 0.278 e. The van der Waals surface area contributed by atoms with Crippen molar-refractivity contribution in [2.75, 3.05) is 24.7 Å². The topological polar surface area (TPSA) is 60.4 Å². The van der Waals surface area contributed by atoms with Crippen LogP contribution in [0.15, 0.2) is 35.3 Å². The van der Waals surface area contributed by atoms with Crippen molar-refractivity contribution in [2.24, 2.45) is 4.99 Å². The van der Waals surface area contributed by atoms with Crippen LogP contribution in [0.25, 0.3) is 0 Å². The number of rotatable bonds is 3. The summed E-state index contributed by atoms with van der Waals surface area (Å²) in [5.41, 5.74) is 3.81. The first-order chi connectivity index (χ1) is 14.4. The van der Waals surface area contributed by atoms with Gasteiger partial charge in [-0.05, 0) is 62.9 Å². The van der Waals surface area contributed by atoms with Gasteiger partial charge in [-0.25, -0.2) is 4.99 Å². The predicted octanol–water partition coefficient (Wildman–Crippen LogP) is 4.61. The second-order valence-corrected chi connectivity index (χ2v) is 8.69. The monoisotopic (exact) mass is 406 g/mol. The number of ether oxygens (including phenoxy) is 3. The first kappa shape index (κ1) is 19.0. The number of benzene rings is 2. The summed E-state index contributed by atoms with van der Waals surface area (Å²) in [5, 5.41) is 0. The molecule has 1 amide bonds. The third-order valence-electron chi connectivity index (χ3n) is 6.02. The fraction of sp³-hybridized carbons (Fsp3) is 0.417. The molecule has 3 heterocycles. The molecule has 5 rings (SSSR count). The van der Waals surface area contributed by atoms with E-state index in [1.54, 1.807) is 0 Å². The third-order valence-corrected chi connectivity index (χ3v) is 6.02. The number of carbonyl (C=O) groups excluding carboxylic acids is 1. The van der Waals surface area contributed by atoms with Gasteiger partial charge in [-0.1, -0.05) is 6.92 Å². The highest BCUT2D eigenvalue weighted by molar-refractivity contribution is 6.55. The van der Waals surface area contributed by atoms with E-state index in [1.807, 2.05) is 36.1 Å². The molecule has 6 heteroatoms. The van der Waals surface area contributed by atoms with Crippen LogP contribution in [0.2, 0.25) is 0 Å². The number of amides is 1. The lowest BCUT2D eigenvalue weighted by Crippen LogP contribution is -2.50. The average Bonchev–Trinajstić information content (AvgIpc) is 2.99. The number of fused-ring (bicyclic) bond motifs is 1. The predicted molar refractivity (Wildman–Crippen MR) is 116 cm³/mol. The molecule has 2 aromatic carbocycles. The maximum absolute atomic E-state index is 13.6. The molecular weight excluding hydrogens is 380 g/mol. The second kappa shape index (κ2) is 6.76. The Morgan fingerprint density at radius 3 is 2.70 bits per heavy atom. The van der Waals surface area contributed by atoms with Crippen LogP contribution in [-0.2, 0) is 4.79 Å². The Morgan fingerprint density at radius 2 is 1.93 bits per heavy atom. The van der Waals surface area contributed by atoms with Crippen LogP contribution in [0.3, 0.4) is 0 Å². The molecule has 0 saturated carbocycles. The fourth-order valence-corrected chi connectivity index (χ4v) is 4.87. The largest absolute Gasteiger partial charge is 0.494 e. The summed E-state index contributed by atoms with van der Waals surface area (Å²) >= 11 is 0. The lowest BCUT2D eigenvalue weighted by Gasteiger charge is -2.43. The smallest absolute Gasteiger partial charge is 0.278 e. The molecule has 0 N–H and O–H groups in total. The molecule has 0 saturated heterocycles. The first-order valence-electron chi connectivity index (χ1n) is 10.5. The van der Waals surface area contributed by atoms with Crippen LogP contribution < -0.4 is 19.1 Å². The SMILES string of the molecule is CCOc1cc2c3c(c1)C(C)CC(C)(C)N3C(=O)C2=Nc1ccc2c(c1)OCCO2. The Morgan fingerprint density at radius 1 is 1.17 bits per heavy atom. The van der Waals surface area contributed by atoms with Gasteiger partial charge in [-0.15, -0.1) is 0 Å². The molecule has 0 radical (unpaired) electrons. The molecule has 0 spiro atoms. The van der Waals surface area contributed by atoms with E-state index in [-0.39, 0.29) is 11.4 Å². The minimum atomic E-state index is -0.282. The molecule has 1 atom stereocenters. The van der Waals surface area contributed by atoms with E-state index >= 15 is 0 Å². The second-order valence-electron chi connectivity index (χ2n) is 8.69. The number of carbonyl (C=O) groups is 1. The highest BCUT2D eigenvalue weighted by atomic mass is 16.6. The van der Waals surface area contributed by atoms with E-state index in [9.17, 15) is 4.79 Å². The van der Waals surface area contributed by atoms with Gasteiger partial charge in [0.05, 0.1) is 18.0 Å². The maximum atomic E-state index is 13.6. The number of aliphatic imine (C=N–C) groups is 1. The molecule has 2 aromatic rings. The summed E-state index contributed by atoms with van der Waals surface area (Å²) in [7, 11) is 0. The summed E-state index contributed by atoms with van der Waals surface area (Å²) in [6.07, 6.45) is 0.887. The molecule has 3 aliphatic heterocycles. The van der Waals surface area contributed by atoms with E-state index < -0.39 is 0 Å². The van der Waals surface area contributed by atoms with E-state index in [0.717, 1.165) is 29.0 Å². The van der Waals surface area contributed by atoms with E-state index in [1.165, 1.54) is 0 Å². The van der Waals surface area contributed by atoms with E-state index in [2.05, 4.69) is 26.8 Å². The van der Waals surface area contributed by atoms with Crippen molar-refractivity contribution in [3.05, 3.63) is 41.5 Å². The van der Waals surface area contributed by atoms with E-state index in [4.69, 9.17) is 19.2 Å². The molecule has 0 aliphatic carbocycles. The van der Waals surface area contributed by atoms with Gasteiger partial charge in [0.2, 0.25) is 0 Å². The zero-order chi connectivity index (χ0) is 21.0. The minimum absolute atomic E-state index is 0.0633. The van der Waals surface area contributed by atoms with Gasteiger partial charge in [-0.3, -0.25) is 4.79 Å². The average molecular weight is 406 g/mol. The molecule has 0 aromatic heterocycles. The van der Waals surface area contributed by atoms with Crippen LogP contribution in [0.1, 0.15) is 51.2 Å². The van der Waals surface area contributed by atoms with Crippen molar-refractivity contribution in [2.45, 2.75) is 45.6 Å². The molecular formula is C24H26N2O4. The summed E-state index contributed by atoms with van der Waals surface area (Å²) in [5.74, 6) is 2.41. The van der Waals surface area contributed by atoms with Gasteiger partial charge in [0.15, 0.2) is 11.5 Å². The molecule has 3 aliphatic rings. The standard InChI is InChI=1S/C24H26N2O4/c1-5-28-16-11-17-14(2)13-24(3,4)26-22(17)18(12-16)21(23(26)27)25-15-6-7-19-20(10-15)30-9-8-29-19/h6-7,10-12,14H,5,8-9,13H2,1-4H3. The molecule has 0 bridgehead atoms. The van der Waals surface area contributed by atoms with Crippen LogP contribution in [-0.4, -0.2) is 37.0 Å². The summed E-state index contributed by atoms with van der Waals surface area (Å²) in [6, 6.07) is 9.56. The highest BCUT2D eigenvalue weighted by Crippen LogP contribution is 2.50. The Labute approximate surface area is 176 Å². The van der Waals surface area contributed by atoms with Gasteiger partial charge in [0.25, 0.3) is 5.91 Å². The Bertz CT molecular complexity index is 1070. The quantitative estimate of drug-likeness (QED) is 0.747. The fourth-order valence-electron chi connectivity index (χ4n) is 4.87. The molecule has 30 heavy (non-hydrogen) atoms. The van der Waals surface area contributed by atoms with Gasteiger partial charge in [-0.2, -0.15) is 0 Å². The third kappa shape index (κ3) is 2.85. The van der Waals surface area contributed by atoms with Crippen LogP contribution in [0.5, 0.6) is 17.2 Å². The molecule has 6 nitrogen and oxygen atoms in total. The zero-order valence-electron chi connectivity index (χ0n) is 17.8. The van der Waals surface area contributed by atoms with Crippen LogP contribution in [0, 0.1) is 0 Å². The van der Waals surface area contributed by atoms with Gasteiger partial charge >= 0.3 is 0 Å². The van der Waals surface area contributed by atoms with E-state index in [0.29, 0.717) is 48.6 Å². The Kier molecular flexibility index (Phi) is 4.27. The minimum Gasteiger partial charge on any atom is -0.494 e. The molecule has 0 fully saturated rings. The number of hydrogen-bond acceptors (Lipinski definition) is 5. The van der Waals surface area contributed by atoms with Gasteiger partial charge in [0, 0.05) is 17.2 Å². The molecule has 156 valence electrons. The summed E-state index contributed by atoms with van der Waals surface area (Å²) < 4.78 is 17.1. The van der Waals surface area contributed by atoms with Gasteiger partial charge in [0.1, 0.15) is 24.7 Å². The van der Waals surface area contributed by atoms with Crippen molar-refractivity contribution >= 4 is 23.0 Å². The van der Waals surface area contributed by atoms with Crippen molar-refractivity contribution in [1.29, 1.82) is 0 Å². The van der Waals surface area contributed by atoms with Crippen LogP contribution >= 0.6 is 0 Å². The first-order valence-corrected chi connectivity index (χ1v) is 10.5. The van der Waals surface area contributed by atoms with Crippen molar-refractivity contribution in [3.8, 4) is 17.2 Å². The number of hydrogen-bond donors (Lipinski definition) is 0. The summed E-state index contributed by atoms with van der Waals surface area (Å²) in [6.45, 7) is 10.0. The zero-order valence-corrected chi connectivity index (χ0v) is 17.8. The molecule has 1 unspecified atom stereocenters. The van der Waals surface area contributed by atoms with Gasteiger partial charge < -0.3 is 19.1 Å². The summed E-state index contributed by atoms with van der Waals surface area (Å²) in [4.78, 5) is 20.3. The van der Waals surface area contributed by atoms with Crippen LogP contribution in [0.4, 0.5) is 11.4 Å². The Hall–Kier alpha value is -3.02. The van der Waals surface area contributed by atoms with Crippen molar-refractivity contribution in [3.63, 3.8) is 0 Å². The lowest BCUT2D eigenvalue weighted by molar-refractivity contribution is -0.113. The van der Waals surface area contributed by atoms with Crippen molar-refractivity contribution < 1.29 is 19.0 Å². The normalized spacial score (nSPS) is 22.3. The van der Waals surface area contributed by atoms with Crippen molar-refractivity contribution in [1.82, 2.24) is 0 Å². The highest BCUT2D eigenvalue weighted by Gasteiger charge is 2.48. The lowest BCUT2D eigenvalue weighted by atomic mass is 9.80. The number of nitrogens with zero attached hydrogens (tertiary/aromatic N) is 2. The Balaban J connectivity index is 1.68. The number of anilines is 1.